The summed E-state index contributed by atoms with van der Waals surface area (Å²) in [6.07, 6.45) is 7.53. The topological polar surface area (TPSA) is 92.3 Å². The van der Waals surface area contributed by atoms with E-state index >= 15 is 0 Å². The summed E-state index contributed by atoms with van der Waals surface area (Å²) in [6.45, 7) is 1.21. The zero-order valence-corrected chi connectivity index (χ0v) is 15.4. The van der Waals surface area contributed by atoms with Gasteiger partial charge in [-0.1, -0.05) is 6.07 Å². The van der Waals surface area contributed by atoms with Crippen molar-refractivity contribution >= 4 is 15.9 Å². The second-order valence-corrected chi connectivity index (χ2v) is 8.43. The molecular weight excluding hydrogens is 352 g/mol. The molecule has 26 heavy (non-hydrogen) atoms. The molecule has 0 spiro atoms. The van der Waals surface area contributed by atoms with Gasteiger partial charge in [-0.2, -0.15) is 0 Å². The van der Waals surface area contributed by atoms with Crippen molar-refractivity contribution in [3.05, 3.63) is 48.4 Å². The van der Waals surface area contributed by atoms with Gasteiger partial charge in [-0.25, -0.2) is 12.7 Å². The van der Waals surface area contributed by atoms with E-state index in [1.165, 1.54) is 10.6 Å². The molecule has 0 bridgehead atoms. The molecule has 0 saturated carbocycles. The summed E-state index contributed by atoms with van der Waals surface area (Å²) in [4.78, 5) is 20.8. The third-order valence-corrected chi connectivity index (χ3v) is 5.85. The van der Waals surface area contributed by atoms with Crippen LogP contribution in [0, 0.1) is 5.92 Å². The molecule has 0 aliphatic carbocycles. The van der Waals surface area contributed by atoms with Gasteiger partial charge in [-0.3, -0.25) is 14.8 Å². The van der Waals surface area contributed by atoms with Gasteiger partial charge in [0.1, 0.15) is 0 Å². The Morgan fingerprint density at radius 1 is 1.23 bits per heavy atom. The van der Waals surface area contributed by atoms with E-state index in [1.807, 2.05) is 24.3 Å². The van der Waals surface area contributed by atoms with E-state index in [-0.39, 0.29) is 11.8 Å². The lowest BCUT2D eigenvalue weighted by Crippen LogP contribution is -2.42. The van der Waals surface area contributed by atoms with E-state index in [0.29, 0.717) is 32.5 Å². The Hall–Kier alpha value is -2.32. The first-order valence-electron chi connectivity index (χ1n) is 8.51. The Balaban J connectivity index is 1.51. The SMILES string of the molecule is CS(=O)(=O)N1CCC(C(=O)NCc2ccc(-c3cccnc3)nc2)CC1. The fourth-order valence-corrected chi connectivity index (χ4v) is 3.87. The first-order valence-corrected chi connectivity index (χ1v) is 10.4. The predicted molar refractivity (Wildman–Crippen MR) is 98.5 cm³/mol. The average molecular weight is 374 g/mol. The largest absolute Gasteiger partial charge is 0.352 e. The van der Waals surface area contributed by atoms with Crippen LogP contribution < -0.4 is 5.32 Å². The zero-order chi connectivity index (χ0) is 18.6. The molecule has 1 N–H and O–H groups in total. The van der Waals surface area contributed by atoms with E-state index < -0.39 is 10.0 Å². The minimum Gasteiger partial charge on any atom is -0.352 e. The normalized spacial score (nSPS) is 16.3. The van der Waals surface area contributed by atoms with E-state index in [0.717, 1.165) is 16.8 Å². The molecule has 3 rings (SSSR count). The third kappa shape index (κ3) is 4.64. The molecule has 138 valence electrons. The number of carbonyl (C=O) groups excluding carboxylic acids is 1. The monoisotopic (exact) mass is 374 g/mol. The van der Waals surface area contributed by atoms with Crippen molar-refractivity contribution in [1.29, 1.82) is 0 Å². The minimum absolute atomic E-state index is 0.0329. The van der Waals surface area contributed by atoms with Gasteiger partial charge in [0.15, 0.2) is 0 Å². The molecule has 1 aliphatic rings. The molecule has 0 aromatic carbocycles. The Morgan fingerprint density at radius 3 is 2.58 bits per heavy atom. The second kappa shape index (κ2) is 7.92. The van der Waals surface area contributed by atoms with E-state index in [9.17, 15) is 13.2 Å². The van der Waals surface area contributed by atoms with E-state index in [2.05, 4.69) is 15.3 Å². The van der Waals surface area contributed by atoms with Crippen molar-refractivity contribution in [3.8, 4) is 11.3 Å². The average Bonchev–Trinajstić information content (AvgIpc) is 2.66. The molecule has 0 atom stereocenters. The van der Waals surface area contributed by atoms with Crippen molar-refractivity contribution in [1.82, 2.24) is 19.6 Å². The maximum absolute atomic E-state index is 12.3. The number of aromatic nitrogens is 2. The number of piperidine rings is 1. The summed E-state index contributed by atoms with van der Waals surface area (Å²) >= 11 is 0. The van der Waals surface area contributed by atoms with Gasteiger partial charge >= 0.3 is 0 Å². The van der Waals surface area contributed by atoms with Crippen molar-refractivity contribution in [2.75, 3.05) is 19.3 Å². The molecule has 1 aliphatic heterocycles. The van der Waals surface area contributed by atoms with E-state index in [4.69, 9.17) is 0 Å². The van der Waals surface area contributed by atoms with Gasteiger partial charge in [-0.15, -0.1) is 0 Å². The van der Waals surface area contributed by atoms with Crippen LogP contribution >= 0.6 is 0 Å². The van der Waals surface area contributed by atoms with Crippen LogP contribution in [0.25, 0.3) is 11.3 Å². The van der Waals surface area contributed by atoms with Gasteiger partial charge < -0.3 is 5.32 Å². The molecule has 1 fully saturated rings. The molecule has 1 saturated heterocycles. The molecule has 2 aromatic rings. The fourth-order valence-electron chi connectivity index (χ4n) is 3.00. The third-order valence-electron chi connectivity index (χ3n) is 4.54. The number of hydrogen-bond acceptors (Lipinski definition) is 5. The van der Waals surface area contributed by atoms with Crippen LogP contribution in [0.2, 0.25) is 0 Å². The fraction of sp³-hybridized carbons (Fsp3) is 0.389. The molecular formula is C18H22N4O3S. The molecule has 2 aromatic heterocycles. The molecule has 0 unspecified atom stereocenters. The quantitative estimate of drug-likeness (QED) is 0.855. The number of carbonyl (C=O) groups is 1. The number of pyridine rings is 2. The Labute approximate surface area is 153 Å². The molecule has 0 radical (unpaired) electrons. The van der Waals surface area contributed by atoms with Crippen molar-refractivity contribution in [3.63, 3.8) is 0 Å². The molecule has 7 nitrogen and oxygen atoms in total. The van der Waals surface area contributed by atoms with Crippen LogP contribution in [0.5, 0.6) is 0 Å². The Kier molecular flexibility index (Phi) is 5.63. The van der Waals surface area contributed by atoms with Crippen LogP contribution in [-0.4, -0.2) is 47.9 Å². The number of rotatable bonds is 5. The van der Waals surface area contributed by atoms with Crippen LogP contribution in [0.4, 0.5) is 0 Å². The lowest BCUT2D eigenvalue weighted by molar-refractivity contribution is -0.126. The summed E-state index contributed by atoms with van der Waals surface area (Å²) in [5.74, 6) is -0.176. The summed E-state index contributed by atoms with van der Waals surface area (Å²) in [7, 11) is -3.17. The van der Waals surface area contributed by atoms with Crippen molar-refractivity contribution < 1.29 is 13.2 Å². The lowest BCUT2D eigenvalue weighted by atomic mass is 9.97. The zero-order valence-electron chi connectivity index (χ0n) is 14.6. The highest BCUT2D eigenvalue weighted by atomic mass is 32.2. The molecule has 3 heterocycles. The summed E-state index contributed by atoms with van der Waals surface area (Å²) in [6, 6.07) is 7.64. The van der Waals surface area contributed by atoms with Crippen molar-refractivity contribution in [2.45, 2.75) is 19.4 Å². The standard InChI is InChI=1S/C18H22N4O3S/c1-26(24,25)22-9-6-15(7-10-22)18(23)21-12-14-4-5-17(20-11-14)16-3-2-8-19-13-16/h2-5,8,11,13,15H,6-7,9-10,12H2,1H3,(H,21,23). The first kappa shape index (κ1) is 18.5. The van der Waals surface area contributed by atoms with Crippen molar-refractivity contribution in [2.24, 2.45) is 5.92 Å². The first-order chi connectivity index (χ1) is 12.4. The number of nitrogens with one attached hydrogen (secondary N) is 1. The van der Waals surface area contributed by atoms with Gasteiger partial charge in [0.2, 0.25) is 15.9 Å². The molecule has 1 amide bonds. The van der Waals surface area contributed by atoms with Crippen LogP contribution in [0.15, 0.2) is 42.9 Å². The van der Waals surface area contributed by atoms with Gasteiger partial charge in [-0.05, 0) is 36.6 Å². The van der Waals surface area contributed by atoms with E-state index in [1.54, 1.807) is 18.6 Å². The van der Waals surface area contributed by atoms with Crippen LogP contribution in [-0.2, 0) is 21.4 Å². The lowest BCUT2D eigenvalue weighted by Gasteiger charge is -2.29. The Bertz CT molecular complexity index is 846. The highest BCUT2D eigenvalue weighted by molar-refractivity contribution is 7.88. The summed E-state index contributed by atoms with van der Waals surface area (Å²) in [5, 5.41) is 2.92. The highest BCUT2D eigenvalue weighted by Gasteiger charge is 2.28. The van der Waals surface area contributed by atoms with Gasteiger partial charge in [0, 0.05) is 49.7 Å². The number of hydrogen-bond donors (Lipinski definition) is 1. The summed E-state index contributed by atoms with van der Waals surface area (Å²) < 4.78 is 24.5. The predicted octanol–water partition coefficient (Wildman–Crippen LogP) is 1.43. The van der Waals surface area contributed by atoms with Gasteiger partial charge in [0.05, 0.1) is 11.9 Å². The summed E-state index contributed by atoms with van der Waals surface area (Å²) in [5.41, 5.74) is 2.70. The maximum Gasteiger partial charge on any atom is 0.223 e. The highest BCUT2D eigenvalue weighted by Crippen LogP contribution is 2.19. The molecule has 8 heteroatoms. The maximum atomic E-state index is 12.3. The van der Waals surface area contributed by atoms with Crippen LogP contribution in [0.3, 0.4) is 0 Å². The van der Waals surface area contributed by atoms with Gasteiger partial charge in [0.25, 0.3) is 0 Å². The van der Waals surface area contributed by atoms with Crippen LogP contribution in [0.1, 0.15) is 18.4 Å². The smallest absolute Gasteiger partial charge is 0.223 e. The Morgan fingerprint density at radius 2 is 2.00 bits per heavy atom. The number of nitrogens with zero attached hydrogens (tertiary/aromatic N) is 3. The number of sulfonamides is 1. The number of amides is 1. The minimum atomic E-state index is -3.17. The second-order valence-electron chi connectivity index (χ2n) is 6.45.